The second-order valence-corrected chi connectivity index (χ2v) is 9.55. The maximum Gasteiger partial charge on any atom is -0.0328 e. The highest BCUT2D eigenvalue weighted by molar-refractivity contribution is 4.79. The molecule has 0 aromatic heterocycles. The Morgan fingerprint density at radius 1 is 0.652 bits per heavy atom. The fourth-order valence-electron chi connectivity index (χ4n) is 4.62. The van der Waals surface area contributed by atoms with Gasteiger partial charge in [-0.25, -0.2) is 0 Å². The summed E-state index contributed by atoms with van der Waals surface area (Å²) in [6.07, 6.45) is 18.8. The van der Waals surface area contributed by atoms with Crippen molar-refractivity contribution in [3.05, 3.63) is 0 Å². The monoisotopic (exact) mass is 322 g/mol. The van der Waals surface area contributed by atoms with Crippen LogP contribution in [0, 0.1) is 22.7 Å². The quantitative estimate of drug-likeness (QED) is 0.460. The first-order valence-corrected chi connectivity index (χ1v) is 10.9. The average molecular weight is 323 g/mol. The molecule has 138 valence electrons. The van der Waals surface area contributed by atoms with Crippen LogP contribution < -0.4 is 0 Å². The van der Waals surface area contributed by atoms with E-state index in [1.54, 1.807) is 0 Å². The van der Waals surface area contributed by atoms with Gasteiger partial charge in [-0.2, -0.15) is 0 Å². The lowest BCUT2D eigenvalue weighted by Crippen LogP contribution is -2.23. The summed E-state index contributed by atoms with van der Waals surface area (Å²) >= 11 is 0. The molecule has 1 fully saturated rings. The zero-order valence-electron chi connectivity index (χ0n) is 17.3. The van der Waals surface area contributed by atoms with Crippen LogP contribution in [0.5, 0.6) is 0 Å². The van der Waals surface area contributed by atoms with Crippen LogP contribution in [-0.4, -0.2) is 0 Å². The minimum atomic E-state index is 0.552. The Morgan fingerprint density at radius 3 is 1.65 bits per heavy atom. The van der Waals surface area contributed by atoms with Crippen LogP contribution in [0.15, 0.2) is 0 Å². The third-order valence-electron chi connectivity index (χ3n) is 7.58. The maximum absolute atomic E-state index is 2.53. The zero-order valence-corrected chi connectivity index (χ0v) is 17.3. The van der Waals surface area contributed by atoms with Crippen molar-refractivity contribution < 1.29 is 0 Å². The van der Waals surface area contributed by atoms with Crippen molar-refractivity contribution in [1.29, 1.82) is 0 Å². The van der Waals surface area contributed by atoms with E-state index < -0.39 is 0 Å². The molecule has 23 heavy (non-hydrogen) atoms. The lowest BCUT2D eigenvalue weighted by atomic mass is 9.72. The minimum absolute atomic E-state index is 0.552. The minimum Gasteiger partial charge on any atom is -0.0649 e. The molecule has 0 heterocycles. The fraction of sp³-hybridized carbons (Fsp3) is 1.00. The van der Waals surface area contributed by atoms with Gasteiger partial charge < -0.3 is 0 Å². The lowest BCUT2D eigenvalue weighted by molar-refractivity contribution is 0.170. The van der Waals surface area contributed by atoms with Gasteiger partial charge in [0.2, 0.25) is 0 Å². The number of hydrogen-bond acceptors (Lipinski definition) is 0. The van der Waals surface area contributed by atoms with E-state index in [0.717, 1.165) is 11.8 Å². The Hall–Kier alpha value is 0. The van der Waals surface area contributed by atoms with Gasteiger partial charge in [-0.3, -0.25) is 0 Å². The first-order valence-electron chi connectivity index (χ1n) is 10.9. The summed E-state index contributed by atoms with van der Waals surface area (Å²) in [5, 5.41) is 0. The number of hydrogen-bond donors (Lipinski definition) is 0. The summed E-state index contributed by atoms with van der Waals surface area (Å²) < 4.78 is 0. The van der Waals surface area contributed by atoms with Crippen LogP contribution in [0.1, 0.15) is 125 Å². The van der Waals surface area contributed by atoms with Crippen molar-refractivity contribution in [1.82, 2.24) is 0 Å². The van der Waals surface area contributed by atoms with Gasteiger partial charge in [0.25, 0.3) is 0 Å². The molecule has 0 nitrogen and oxygen atoms in total. The van der Waals surface area contributed by atoms with Crippen molar-refractivity contribution in [3.8, 4) is 0 Å². The first-order chi connectivity index (χ1) is 10.9. The predicted octanol–water partition coefficient (Wildman–Crippen LogP) is 8.40. The smallest absolute Gasteiger partial charge is 0.0328 e. The summed E-state index contributed by atoms with van der Waals surface area (Å²) in [4.78, 5) is 0. The van der Waals surface area contributed by atoms with Crippen molar-refractivity contribution in [2.75, 3.05) is 0 Å². The maximum atomic E-state index is 2.53. The van der Waals surface area contributed by atoms with E-state index in [1.165, 1.54) is 83.5 Å². The van der Waals surface area contributed by atoms with E-state index in [1.807, 2.05) is 0 Å². The van der Waals surface area contributed by atoms with Gasteiger partial charge in [0.1, 0.15) is 0 Å². The molecule has 0 spiro atoms. The Labute approximate surface area is 148 Å². The molecule has 1 aliphatic carbocycles. The van der Waals surface area contributed by atoms with Gasteiger partial charge in [0.05, 0.1) is 0 Å². The highest BCUT2D eigenvalue weighted by atomic mass is 14.3. The summed E-state index contributed by atoms with van der Waals surface area (Å²) in [5.41, 5.74) is 1.15. The van der Waals surface area contributed by atoms with Crippen molar-refractivity contribution >= 4 is 0 Å². The van der Waals surface area contributed by atoms with Gasteiger partial charge in [0, 0.05) is 0 Å². The van der Waals surface area contributed by atoms with Gasteiger partial charge in [-0.1, -0.05) is 106 Å². The molecule has 0 heteroatoms. The van der Waals surface area contributed by atoms with E-state index in [4.69, 9.17) is 0 Å². The highest BCUT2D eigenvalue weighted by Crippen LogP contribution is 2.40. The Morgan fingerprint density at radius 2 is 1.13 bits per heavy atom. The third-order valence-corrected chi connectivity index (χ3v) is 7.58. The van der Waals surface area contributed by atoms with Crippen molar-refractivity contribution in [3.63, 3.8) is 0 Å². The Bertz CT molecular complexity index is 297. The van der Waals surface area contributed by atoms with E-state index >= 15 is 0 Å². The second-order valence-electron chi connectivity index (χ2n) is 9.55. The van der Waals surface area contributed by atoms with Gasteiger partial charge >= 0.3 is 0 Å². The fourth-order valence-corrected chi connectivity index (χ4v) is 4.62. The molecule has 0 saturated heterocycles. The van der Waals surface area contributed by atoms with Gasteiger partial charge in [-0.15, -0.1) is 0 Å². The molecule has 0 amide bonds. The molecule has 1 aliphatic rings. The molecule has 1 saturated carbocycles. The van der Waals surface area contributed by atoms with Crippen LogP contribution in [0.4, 0.5) is 0 Å². The molecule has 0 aromatic rings. The summed E-state index contributed by atoms with van der Waals surface area (Å²) in [7, 11) is 0. The molecule has 0 aliphatic heterocycles. The Balaban J connectivity index is 2.58. The standard InChI is InChI=1S/C23H46/c1-7-22(4,5)21-17-12-10-11-15-20(16-13-14-18-21)19-23(6,8-2)9-3/h20-21H,7-19H2,1-6H3. The van der Waals surface area contributed by atoms with Crippen LogP contribution in [0.2, 0.25) is 0 Å². The van der Waals surface area contributed by atoms with Gasteiger partial charge in [0.15, 0.2) is 0 Å². The van der Waals surface area contributed by atoms with E-state index in [-0.39, 0.29) is 0 Å². The van der Waals surface area contributed by atoms with Crippen LogP contribution in [-0.2, 0) is 0 Å². The topological polar surface area (TPSA) is 0 Å². The largest absolute Gasteiger partial charge is 0.0649 e. The summed E-state index contributed by atoms with van der Waals surface area (Å²) in [6.45, 7) is 14.7. The summed E-state index contributed by atoms with van der Waals surface area (Å²) in [5.74, 6) is 1.95. The molecule has 0 bridgehead atoms. The predicted molar refractivity (Wildman–Crippen MR) is 106 cm³/mol. The molecular formula is C23H46. The lowest BCUT2D eigenvalue weighted by Gasteiger charge is -2.34. The molecule has 1 rings (SSSR count). The molecule has 2 atom stereocenters. The molecule has 0 N–H and O–H groups in total. The van der Waals surface area contributed by atoms with E-state index in [9.17, 15) is 0 Å². The highest BCUT2D eigenvalue weighted by Gasteiger charge is 2.28. The average Bonchev–Trinajstić information content (AvgIpc) is 2.60. The van der Waals surface area contributed by atoms with E-state index in [2.05, 4.69) is 41.5 Å². The van der Waals surface area contributed by atoms with E-state index in [0.29, 0.717) is 10.8 Å². The Kier molecular flexibility index (Phi) is 9.24. The molecular weight excluding hydrogens is 276 g/mol. The number of rotatable bonds is 6. The van der Waals surface area contributed by atoms with Crippen LogP contribution >= 0.6 is 0 Å². The SMILES string of the molecule is CCC(C)(CC)CC1CCCCCC(C(C)(C)CC)CCCC1. The van der Waals surface area contributed by atoms with Crippen LogP contribution in [0.3, 0.4) is 0 Å². The molecule has 0 radical (unpaired) electrons. The van der Waals surface area contributed by atoms with Gasteiger partial charge in [-0.05, 0) is 41.9 Å². The molecule has 2 unspecified atom stereocenters. The molecule has 0 aromatic carbocycles. The second kappa shape index (κ2) is 10.1. The zero-order chi connectivity index (χ0) is 17.3. The normalized spacial score (nSPS) is 25.8. The summed E-state index contributed by atoms with van der Waals surface area (Å²) in [6, 6.07) is 0. The van der Waals surface area contributed by atoms with Crippen LogP contribution in [0.25, 0.3) is 0 Å². The van der Waals surface area contributed by atoms with Crippen molar-refractivity contribution in [2.45, 2.75) is 125 Å². The first kappa shape index (κ1) is 21.0. The third kappa shape index (κ3) is 7.18. The van der Waals surface area contributed by atoms with Crippen molar-refractivity contribution in [2.24, 2.45) is 22.7 Å².